The highest BCUT2D eigenvalue weighted by Crippen LogP contribution is 2.38. The van der Waals surface area contributed by atoms with Crippen LogP contribution in [0, 0.1) is 0 Å². The predicted molar refractivity (Wildman–Crippen MR) is 94.3 cm³/mol. The predicted octanol–water partition coefficient (Wildman–Crippen LogP) is 3.67. The molecule has 0 atom stereocenters. The second-order valence-corrected chi connectivity index (χ2v) is 6.35. The molecule has 3 rings (SSSR count). The van der Waals surface area contributed by atoms with Crippen LogP contribution in [0.4, 0.5) is 0 Å². The van der Waals surface area contributed by atoms with Crippen LogP contribution in [0.15, 0.2) is 36.4 Å². The number of carbonyl (C=O) groups excluding carboxylic acids is 1. The zero-order valence-electron chi connectivity index (χ0n) is 13.0. The smallest absolute Gasteiger partial charge is 0.224 e. The molecule has 24 heavy (non-hydrogen) atoms. The van der Waals surface area contributed by atoms with E-state index >= 15 is 0 Å². The van der Waals surface area contributed by atoms with Crippen LogP contribution in [0.25, 0.3) is 0 Å². The van der Waals surface area contributed by atoms with Crippen LogP contribution in [-0.4, -0.2) is 25.7 Å². The standard InChI is InChI=1S/C18H17Cl2NO3/c19-14-3-1-12(2-4-14)11-17(22)21-6-5-13-9-15(20)18-16(10-13)23-7-8-24-18/h1-4,9-10H,5-8,11H2,(H,21,22). The Balaban J connectivity index is 1.52. The molecular weight excluding hydrogens is 349 g/mol. The Labute approximate surface area is 150 Å². The maximum absolute atomic E-state index is 12.0. The van der Waals surface area contributed by atoms with Gasteiger partial charge in [0, 0.05) is 11.6 Å². The van der Waals surface area contributed by atoms with Crippen LogP contribution in [0.2, 0.25) is 10.0 Å². The van der Waals surface area contributed by atoms with Gasteiger partial charge >= 0.3 is 0 Å². The first-order valence-corrected chi connectivity index (χ1v) is 8.46. The minimum atomic E-state index is -0.0269. The highest BCUT2D eigenvalue weighted by Gasteiger charge is 2.16. The zero-order chi connectivity index (χ0) is 16.9. The van der Waals surface area contributed by atoms with Crippen LogP contribution in [0.3, 0.4) is 0 Å². The molecule has 0 spiro atoms. The lowest BCUT2D eigenvalue weighted by atomic mass is 10.1. The monoisotopic (exact) mass is 365 g/mol. The molecule has 0 saturated heterocycles. The van der Waals surface area contributed by atoms with Gasteiger partial charge in [-0.05, 0) is 41.8 Å². The second kappa shape index (κ2) is 7.77. The third kappa shape index (κ3) is 4.34. The van der Waals surface area contributed by atoms with E-state index in [-0.39, 0.29) is 5.91 Å². The molecule has 2 aromatic carbocycles. The summed E-state index contributed by atoms with van der Waals surface area (Å²) in [6.07, 6.45) is 1.00. The lowest BCUT2D eigenvalue weighted by Gasteiger charge is -2.20. The highest BCUT2D eigenvalue weighted by molar-refractivity contribution is 6.32. The van der Waals surface area contributed by atoms with Crippen LogP contribution in [-0.2, 0) is 17.6 Å². The van der Waals surface area contributed by atoms with Crippen LogP contribution >= 0.6 is 23.2 Å². The Morgan fingerprint density at radius 1 is 1.04 bits per heavy atom. The number of ether oxygens (including phenoxy) is 2. The quantitative estimate of drug-likeness (QED) is 0.879. The summed E-state index contributed by atoms with van der Waals surface area (Å²) in [5.41, 5.74) is 1.93. The number of nitrogens with one attached hydrogen (secondary N) is 1. The average Bonchev–Trinajstić information content (AvgIpc) is 2.57. The van der Waals surface area contributed by atoms with Crippen LogP contribution < -0.4 is 14.8 Å². The van der Waals surface area contributed by atoms with E-state index in [0.29, 0.717) is 54.1 Å². The van der Waals surface area contributed by atoms with E-state index in [1.54, 1.807) is 12.1 Å². The third-order valence-electron chi connectivity index (χ3n) is 3.67. The summed E-state index contributed by atoms with van der Waals surface area (Å²) in [6.45, 7) is 1.56. The van der Waals surface area contributed by atoms with Gasteiger partial charge < -0.3 is 14.8 Å². The molecule has 2 aromatic rings. The molecule has 0 fully saturated rings. The molecule has 0 unspecified atom stereocenters. The number of rotatable bonds is 5. The molecule has 0 aliphatic carbocycles. The van der Waals surface area contributed by atoms with Gasteiger partial charge in [0.2, 0.25) is 5.91 Å². The normalized spacial score (nSPS) is 12.8. The fourth-order valence-corrected chi connectivity index (χ4v) is 2.92. The molecule has 126 valence electrons. The van der Waals surface area contributed by atoms with Gasteiger partial charge in [0.1, 0.15) is 13.2 Å². The van der Waals surface area contributed by atoms with Crippen molar-refractivity contribution in [2.45, 2.75) is 12.8 Å². The summed E-state index contributed by atoms with van der Waals surface area (Å²) in [4.78, 5) is 12.0. The fraction of sp³-hybridized carbons (Fsp3) is 0.278. The molecular formula is C18H17Cl2NO3. The largest absolute Gasteiger partial charge is 0.486 e. The summed E-state index contributed by atoms with van der Waals surface area (Å²) in [5.74, 6) is 1.23. The Kier molecular flexibility index (Phi) is 5.48. The van der Waals surface area contributed by atoms with Gasteiger partial charge in [-0.2, -0.15) is 0 Å². The SMILES string of the molecule is O=C(Cc1ccc(Cl)cc1)NCCc1cc(Cl)c2c(c1)OCCO2. The Hall–Kier alpha value is -1.91. The van der Waals surface area contributed by atoms with Gasteiger partial charge in [-0.3, -0.25) is 4.79 Å². The zero-order valence-corrected chi connectivity index (χ0v) is 14.5. The fourth-order valence-electron chi connectivity index (χ4n) is 2.50. The van der Waals surface area contributed by atoms with Crippen molar-refractivity contribution in [1.29, 1.82) is 0 Å². The molecule has 0 bridgehead atoms. The van der Waals surface area contributed by atoms with Gasteiger partial charge in [-0.15, -0.1) is 0 Å². The van der Waals surface area contributed by atoms with E-state index < -0.39 is 0 Å². The molecule has 1 amide bonds. The number of halogens is 2. The Morgan fingerprint density at radius 3 is 2.58 bits per heavy atom. The van der Waals surface area contributed by atoms with E-state index in [1.165, 1.54) is 0 Å². The first-order chi connectivity index (χ1) is 11.6. The molecule has 1 heterocycles. The summed E-state index contributed by atoms with van der Waals surface area (Å²) >= 11 is 12.0. The van der Waals surface area contributed by atoms with Crippen LogP contribution in [0.1, 0.15) is 11.1 Å². The molecule has 4 nitrogen and oxygen atoms in total. The van der Waals surface area contributed by atoms with Crippen molar-refractivity contribution in [2.75, 3.05) is 19.8 Å². The number of hydrogen-bond donors (Lipinski definition) is 1. The van der Waals surface area contributed by atoms with Gasteiger partial charge in [-0.1, -0.05) is 35.3 Å². The third-order valence-corrected chi connectivity index (χ3v) is 4.20. The highest BCUT2D eigenvalue weighted by atomic mass is 35.5. The average molecular weight is 366 g/mol. The van der Waals surface area contributed by atoms with Crippen LogP contribution in [0.5, 0.6) is 11.5 Å². The van der Waals surface area contributed by atoms with E-state index in [2.05, 4.69) is 5.32 Å². The maximum atomic E-state index is 12.0. The number of benzene rings is 2. The molecule has 6 heteroatoms. The van der Waals surface area contributed by atoms with Crippen molar-refractivity contribution in [1.82, 2.24) is 5.32 Å². The molecule has 1 aliphatic heterocycles. The van der Waals surface area contributed by atoms with Crippen molar-refractivity contribution in [3.63, 3.8) is 0 Å². The van der Waals surface area contributed by atoms with Gasteiger partial charge in [0.15, 0.2) is 11.5 Å². The summed E-state index contributed by atoms with van der Waals surface area (Å²) in [6, 6.07) is 11.0. The number of amides is 1. The summed E-state index contributed by atoms with van der Waals surface area (Å²) in [7, 11) is 0. The van der Waals surface area contributed by atoms with Crippen molar-refractivity contribution < 1.29 is 14.3 Å². The minimum Gasteiger partial charge on any atom is -0.486 e. The Bertz CT molecular complexity index is 732. The van der Waals surface area contributed by atoms with Gasteiger partial charge in [-0.25, -0.2) is 0 Å². The molecule has 0 radical (unpaired) electrons. The van der Waals surface area contributed by atoms with Crippen molar-refractivity contribution in [2.24, 2.45) is 0 Å². The molecule has 1 N–H and O–H groups in total. The molecule has 0 aromatic heterocycles. The van der Waals surface area contributed by atoms with E-state index in [9.17, 15) is 4.79 Å². The van der Waals surface area contributed by atoms with E-state index in [0.717, 1.165) is 11.1 Å². The number of hydrogen-bond acceptors (Lipinski definition) is 3. The first-order valence-electron chi connectivity index (χ1n) is 7.71. The second-order valence-electron chi connectivity index (χ2n) is 5.51. The first kappa shape index (κ1) is 16.9. The molecule has 1 aliphatic rings. The van der Waals surface area contributed by atoms with Crippen molar-refractivity contribution in [3.05, 3.63) is 57.6 Å². The Morgan fingerprint density at radius 2 is 1.79 bits per heavy atom. The van der Waals surface area contributed by atoms with E-state index in [1.807, 2.05) is 24.3 Å². The minimum absolute atomic E-state index is 0.0269. The topological polar surface area (TPSA) is 47.6 Å². The maximum Gasteiger partial charge on any atom is 0.224 e. The lowest BCUT2D eigenvalue weighted by Crippen LogP contribution is -2.27. The number of carbonyl (C=O) groups is 1. The molecule has 0 saturated carbocycles. The van der Waals surface area contributed by atoms with Gasteiger partial charge in [0.25, 0.3) is 0 Å². The van der Waals surface area contributed by atoms with Crippen molar-refractivity contribution in [3.8, 4) is 11.5 Å². The lowest BCUT2D eigenvalue weighted by molar-refractivity contribution is -0.120. The number of fused-ring (bicyclic) bond motifs is 1. The summed E-state index contributed by atoms with van der Waals surface area (Å²) < 4.78 is 11.0. The van der Waals surface area contributed by atoms with Crippen molar-refractivity contribution >= 4 is 29.1 Å². The van der Waals surface area contributed by atoms with E-state index in [4.69, 9.17) is 32.7 Å². The summed E-state index contributed by atoms with van der Waals surface area (Å²) in [5, 5.41) is 4.11. The van der Waals surface area contributed by atoms with Gasteiger partial charge in [0.05, 0.1) is 11.4 Å².